The number of benzene rings is 1. The van der Waals surface area contributed by atoms with Crippen LogP contribution in [0.1, 0.15) is 41.9 Å². The van der Waals surface area contributed by atoms with Gasteiger partial charge in [0.1, 0.15) is 11.5 Å². The van der Waals surface area contributed by atoms with Gasteiger partial charge in [0, 0.05) is 17.6 Å². The van der Waals surface area contributed by atoms with Gasteiger partial charge in [0.25, 0.3) is 5.91 Å². The van der Waals surface area contributed by atoms with E-state index in [1.54, 1.807) is 0 Å². The van der Waals surface area contributed by atoms with Gasteiger partial charge in [-0.05, 0) is 37.5 Å². The molecule has 1 heterocycles. The molecule has 124 valence electrons. The molecule has 1 aliphatic carbocycles. The van der Waals surface area contributed by atoms with E-state index in [0.717, 1.165) is 24.1 Å². The number of nitrogens with zero attached hydrogens (tertiary/aromatic N) is 2. The van der Waals surface area contributed by atoms with Crippen molar-refractivity contribution < 1.29 is 9.59 Å². The van der Waals surface area contributed by atoms with Crippen molar-refractivity contribution >= 4 is 23.3 Å². The van der Waals surface area contributed by atoms with Crippen molar-refractivity contribution in [3.05, 3.63) is 47.9 Å². The number of amides is 2. The van der Waals surface area contributed by atoms with Gasteiger partial charge in [0.15, 0.2) is 0 Å². The van der Waals surface area contributed by atoms with Crippen LogP contribution in [0.15, 0.2) is 36.7 Å². The summed E-state index contributed by atoms with van der Waals surface area (Å²) < 4.78 is 0. The number of hydrogen-bond donors (Lipinski definition) is 3. The minimum Gasteiger partial charge on any atom is -0.364 e. The molecule has 1 fully saturated rings. The van der Waals surface area contributed by atoms with Gasteiger partial charge >= 0.3 is 0 Å². The van der Waals surface area contributed by atoms with E-state index in [0.29, 0.717) is 5.82 Å². The number of primary amides is 1. The largest absolute Gasteiger partial charge is 0.364 e. The van der Waals surface area contributed by atoms with E-state index >= 15 is 0 Å². The van der Waals surface area contributed by atoms with Gasteiger partial charge in [-0.1, -0.05) is 12.1 Å². The summed E-state index contributed by atoms with van der Waals surface area (Å²) in [5.74, 6) is 0.133. The normalized spacial score (nSPS) is 14.7. The summed E-state index contributed by atoms with van der Waals surface area (Å²) in [4.78, 5) is 31.0. The second kappa shape index (κ2) is 6.66. The summed E-state index contributed by atoms with van der Waals surface area (Å²) in [6.07, 6.45) is 4.83. The van der Waals surface area contributed by atoms with E-state index in [9.17, 15) is 9.59 Å². The number of aromatic nitrogens is 2. The number of nitrogens with one attached hydrogen (secondary N) is 2. The van der Waals surface area contributed by atoms with Crippen molar-refractivity contribution in [1.29, 1.82) is 0 Å². The Labute approximate surface area is 139 Å². The average molecular weight is 325 g/mol. The number of anilines is 2. The Morgan fingerprint density at radius 3 is 2.54 bits per heavy atom. The van der Waals surface area contributed by atoms with Gasteiger partial charge in [0.2, 0.25) is 5.91 Å². The molecule has 1 atom stereocenters. The Kier molecular flexibility index (Phi) is 4.41. The van der Waals surface area contributed by atoms with Crippen molar-refractivity contribution in [2.75, 3.05) is 10.6 Å². The second-order valence-corrected chi connectivity index (χ2v) is 5.91. The van der Waals surface area contributed by atoms with Crippen LogP contribution < -0.4 is 16.4 Å². The first-order valence-electron chi connectivity index (χ1n) is 7.82. The van der Waals surface area contributed by atoms with Gasteiger partial charge in [-0.25, -0.2) is 4.98 Å². The molecule has 4 N–H and O–H groups in total. The van der Waals surface area contributed by atoms with E-state index in [1.165, 1.54) is 12.4 Å². The summed E-state index contributed by atoms with van der Waals surface area (Å²) in [6, 6.07) is 7.57. The van der Waals surface area contributed by atoms with Crippen LogP contribution in [-0.4, -0.2) is 21.8 Å². The number of hydrogen-bond acceptors (Lipinski definition) is 5. The molecule has 1 saturated carbocycles. The predicted molar refractivity (Wildman–Crippen MR) is 90.4 cm³/mol. The first-order valence-corrected chi connectivity index (χ1v) is 7.82. The fraction of sp³-hybridized carbons (Fsp3) is 0.294. The molecule has 7 nitrogen and oxygen atoms in total. The fourth-order valence-electron chi connectivity index (χ4n) is 2.30. The summed E-state index contributed by atoms with van der Waals surface area (Å²) in [5.41, 5.74) is 7.13. The lowest BCUT2D eigenvalue weighted by Gasteiger charge is -2.15. The molecule has 0 saturated heterocycles. The molecule has 0 aliphatic heterocycles. The molecule has 3 rings (SSSR count). The molecule has 24 heavy (non-hydrogen) atoms. The molecule has 1 aromatic heterocycles. The van der Waals surface area contributed by atoms with Crippen LogP contribution in [0.25, 0.3) is 0 Å². The number of carbonyl (C=O) groups is 2. The van der Waals surface area contributed by atoms with E-state index in [1.807, 2.05) is 31.2 Å². The summed E-state index contributed by atoms with van der Waals surface area (Å²) >= 11 is 0. The number of nitrogens with two attached hydrogens (primary N) is 1. The zero-order chi connectivity index (χ0) is 17.1. The maximum absolute atomic E-state index is 11.7. The summed E-state index contributed by atoms with van der Waals surface area (Å²) in [5, 5.41) is 6.08. The van der Waals surface area contributed by atoms with E-state index in [-0.39, 0.29) is 23.6 Å². The third kappa shape index (κ3) is 3.87. The monoisotopic (exact) mass is 325 g/mol. The van der Waals surface area contributed by atoms with Crippen LogP contribution in [-0.2, 0) is 4.79 Å². The van der Waals surface area contributed by atoms with Gasteiger partial charge in [-0.2, -0.15) is 0 Å². The highest BCUT2D eigenvalue weighted by Crippen LogP contribution is 2.30. The standard InChI is InChI=1S/C17H19N5O2/c1-10(20-15-9-19-8-14(22-15)16(18)23)11-4-6-13(7-5-11)21-17(24)12-2-3-12/h4-10,12H,2-3H2,1H3,(H2,18,23)(H,20,22)(H,21,24). The first kappa shape index (κ1) is 15.9. The average Bonchev–Trinajstić information content (AvgIpc) is 3.40. The SMILES string of the molecule is CC(Nc1cncc(C(N)=O)n1)c1ccc(NC(=O)C2CC2)cc1. The topological polar surface area (TPSA) is 110 Å². The summed E-state index contributed by atoms with van der Waals surface area (Å²) in [7, 11) is 0. The molecular weight excluding hydrogens is 306 g/mol. The first-order chi connectivity index (χ1) is 11.5. The molecular formula is C17H19N5O2. The van der Waals surface area contributed by atoms with Crippen LogP contribution in [0.4, 0.5) is 11.5 Å². The molecule has 2 amide bonds. The Hall–Kier alpha value is -2.96. The van der Waals surface area contributed by atoms with E-state index in [4.69, 9.17) is 5.73 Å². The predicted octanol–water partition coefficient (Wildman–Crippen LogP) is 2.10. The van der Waals surface area contributed by atoms with E-state index < -0.39 is 5.91 Å². The molecule has 1 unspecified atom stereocenters. The van der Waals surface area contributed by atoms with Crippen LogP contribution in [0.3, 0.4) is 0 Å². The zero-order valence-electron chi connectivity index (χ0n) is 13.3. The Morgan fingerprint density at radius 2 is 1.92 bits per heavy atom. The lowest BCUT2D eigenvalue weighted by Crippen LogP contribution is -2.16. The zero-order valence-corrected chi connectivity index (χ0v) is 13.3. The van der Waals surface area contributed by atoms with Crippen LogP contribution in [0, 0.1) is 5.92 Å². The molecule has 1 aliphatic rings. The number of carbonyl (C=O) groups excluding carboxylic acids is 2. The highest BCUT2D eigenvalue weighted by molar-refractivity contribution is 5.94. The Morgan fingerprint density at radius 1 is 1.21 bits per heavy atom. The van der Waals surface area contributed by atoms with Crippen molar-refractivity contribution in [3.63, 3.8) is 0 Å². The lowest BCUT2D eigenvalue weighted by atomic mass is 10.1. The quantitative estimate of drug-likeness (QED) is 0.753. The van der Waals surface area contributed by atoms with Crippen molar-refractivity contribution in [3.8, 4) is 0 Å². The summed E-state index contributed by atoms with van der Waals surface area (Å²) in [6.45, 7) is 1.97. The third-order valence-corrected chi connectivity index (χ3v) is 3.88. The van der Waals surface area contributed by atoms with Gasteiger partial charge in [-0.15, -0.1) is 0 Å². The Balaban J connectivity index is 1.64. The van der Waals surface area contributed by atoms with Crippen LogP contribution in [0.5, 0.6) is 0 Å². The molecule has 0 spiro atoms. The number of rotatable bonds is 6. The van der Waals surface area contributed by atoms with Crippen LogP contribution in [0.2, 0.25) is 0 Å². The molecule has 0 radical (unpaired) electrons. The molecule has 1 aromatic carbocycles. The fourth-order valence-corrected chi connectivity index (χ4v) is 2.30. The maximum Gasteiger partial charge on any atom is 0.268 e. The highest BCUT2D eigenvalue weighted by atomic mass is 16.2. The molecule has 7 heteroatoms. The highest BCUT2D eigenvalue weighted by Gasteiger charge is 2.29. The van der Waals surface area contributed by atoms with Gasteiger partial charge in [0.05, 0.1) is 12.4 Å². The minimum atomic E-state index is -0.616. The lowest BCUT2D eigenvalue weighted by molar-refractivity contribution is -0.117. The van der Waals surface area contributed by atoms with Crippen molar-refractivity contribution in [2.24, 2.45) is 11.7 Å². The second-order valence-electron chi connectivity index (χ2n) is 5.91. The van der Waals surface area contributed by atoms with Gasteiger partial charge < -0.3 is 16.4 Å². The maximum atomic E-state index is 11.7. The molecule has 2 aromatic rings. The minimum absolute atomic E-state index is 0.0457. The van der Waals surface area contributed by atoms with Crippen LogP contribution >= 0.6 is 0 Å². The van der Waals surface area contributed by atoms with E-state index in [2.05, 4.69) is 20.6 Å². The third-order valence-electron chi connectivity index (χ3n) is 3.88. The van der Waals surface area contributed by atoms with Crippen molar-refractivity contribution in [2.45, 2.75) is 25.8 Å². The smallest absolute Gasteiger partial charge is 0.268 e. The molecule has 0 bridgehead atoms. The van der Waals surface area contributed by atoms with Gasteiger partial charge in [-0.3, -0.25) is 14.6 Å². The van der Waals surface area contributed by atoms with Crippen molar-refractivity contribution in [1.82, 2.24) is 9.97 Å². The Bertz CT molecular complexity index is 756.